The van der Waals surface area contributed by atoms with Crippen LogP contribution in [0.25, 0.3) is 0 Å². The maximum atomic E-state index is 2.24. The molecule has 0 aromatic heterocycles. The normalized spacial score (nSPS) is 8.33. The molecule has 0 rings (SSSR count). The molecule has 36 heavy (non-hydrogen) atoms. The van der Waals surface area contributed by atoms with E-state index < -0.39 is 0 Å². The minimum absolute atomic E-state index is 0.833. The molecule has 0 nitrogen and oxygen atoms in total. The van der Waals surface area contributed by atoms with E-state index in [1.54, 1.807) is 0 Å². The van der Waals surface area contributed by atoms with Crippen LogP contribution in [-0.4, -0.2) is 0 Å². The standard InChI is InChI=1S/C6H14.6C4H10.3C2H6/c1-5(2)6(3)4;6*1-4(2)3;3*1-2/h5-6H,1-4H3;6*4H,1-3H3;3*1-2H3. The largest absolute Gasteiger partial charge is 0.0683 e. The van der Waals surface area contributed by atoms with E-state index in [2.05, 4.69) is 152 Å². The van der Waals surface area contributed by atoms with Crippen LogP contribution in [0.2, 0.25) is 0 Å². The third-order valence-corrected chi connectivity index (χ3v) is 1.33. The molecule has 0 spiro atoms. The molecule has 0 saturated heterocycles. The Morgan fingerprint density at radius 3 is 0.194 bits per heavy atom. The van der Waals surface area contributed by atoms with Gasteiger partial charge in [0.15, 0.2) is 0 Å². The zero-order chi connectivity index (χ0) is 32.6. The summed E-state index contributed by atoms with van der Waals surface area (Å²) in [6.07, 6.45) is 0. The van der Waals surface area contributed by atoms with Gasteiger partial charge in [0.25, 0.3) is 0 Å². The minimum Gasteiger partial charge on any atom is -0.0683 e. The van der Waals surface area contributed by atoms with Gasteiger partial charge in [-0.1, -0.05) is 194 Å². The fourth-order valence-electron chi connectivity index (χ4n) is 0. The van der Waals surface area contributed by atoms with Crippen LogP contribution in [0, 0.1) is 47.3 Å². The molecule has 0 aromatic rings. The summed E-state index contributed by atoms with van der Waals surface area (Å²) in [6, 6.07) is 0. The molecular formula is C36H92. The van der Waals surface area contributed by atoms with Crippen LogP contribution >= 0.6 is 0 Å². The highest BCUT2D eigenvalue weighted by atomic mass is 14.0. The third kappa shape index (κ3) is 2310. The zero-order valence-electron chi connectivity index (χ0n) is 32.6. The monoisotopic (exact) mass is 525 g/mol. The molecule has 0 N–H and O–H groups in total. The summed E-state index contributed by atoms with van der Waals surface area (Å²) >= 11 is 0. The molecule has 236 valence electrons. The molecule has 0 radical (unpaired) electrons. The highest BCUT2D eigenvalue weighted by Gasteiger charge is 1.95. The summed E-state index contributed by atoms with van der Waals surface area (Å²) in [7, 11) is 0. The number of hydrogen-bond acceptors (Lipinski definition) is 0. The van der Waals surface area contributed by atoms with Crippen LogP contribution in [-0.2, 0) is 0 Å². The summed E-state index contributed by atoms with van der Waals surface area (Å²) in [5, 5.41) is 0. The Balaban J connectivity index is -0.0000000266. The van der Waals surface area contributed by atoms with Gasteiger partial charge in [-0.05, 0) is 47.3 Å². The van der Waals surface area contributed by atoms with Crippen LogP contribution in [0.15, 0.2) is 0 Å². The van der Waals surface area contributed by atoms with Crippen molar-refractivity contribution < 1.29 is 0 Å². The van der Waals surface area contributed by atoms with Crippen molar-refractivity contribution in [1.82, 2.24) is 0 Å². The Morgan fingerprint density at radius 2 is 0.194 bits per heavy atom. The Kier molecular flexibility index (Phi) is 127. The Morgan fingerprint density at radius 1 is 0.167 bits per heavy atom. The summed E-state index contributed by atoms with van der Waals surface area (Å²) in [4.78, 5) is 0. The summed E-state index contributed by atoms with van der Waals surface area (Å²) in [5.41, 5.74) is 0. The first-order valence-corrected chi connectivity index (χ1v) is 16.0. The van der Waals surface area contributed by atoms with E-state index in [0.717, 1.165) is 47.3 Å². The fourth-order valence-corrected chi connectivity index (χ4v) is 0. The average molecular weight is 525 g/mol. The van der Waals surface area contributed by atoms with E-state index in [-0.39, 0.29) is 0 Å². The highest BCUT2D eigenvalue weighted by molar-refractivity contribution is 4.46. The van der Waals surface area contributed by atoms with Gasteiger partial charge in [0, 0.05) is 0 Å². The van der Waals surface area contributed by atoms with Crippen LogP contribution in [0.1, 0.15) is 194 Å². The lowest BCUT2D eigenvalue weighted by Gasteiger charge is -2.05. The summed E-state index contributed by atoms with van der Waals surface area (Å²) in [5.74, 6) is 6.70. The molecule has 0 amide bonds. The van der Waals surface area contributed by atoms with E-state index in [9.17, 15) is 0 Å². The zero-order valence-corrected chi connectivity index (χ0v) is 32.6. The van der Waals surface area contributed by atoms with E-state index in [4.69, 9.17) is 0 Å². The van der Waals surface area contributed by atoms with Crippen LogP contribution in [0.4, 0.5) is 0 Å². The highest BCUT2D eigenvalue weighted by Crippen LogP contribution is 2.05. The van der Waals surface area contributed by atoms with Crippen molar-refractivity contribution in [3.8, 4) is 0 Å². The number of hydrogen-bond donors (Lipinski definition) is 0. The molecule has 0 aliphatic rings. The molecule has 0 unspecified atom stereocenters. The second-order valence-electron chi connectivity index (χ2n) is 12.9. The van der Waals surface area contributed by atoms with Crippen molar-refractivity contribution in [2.24, 2.45) is 47.3 Å². The van der Waals surface area contributed by atoms with Crippen LogP contribution in [0.5, 0.6) is 0 Å². The molecule has 0 bridgehead atoms. The van der Waals surface area contributed by atoms with Crippen LogP contribution < -0.4 is 0 Å². The van der Waals surface area contributed by atoms with Gasteiger partial charge in [-0.3, -0.25) is 0 Å². The topological polar surface area (TPSA) is 0 Å². The molecule has 0 aromatic carbocycles. The molecule has 0 heteroatoms. The first-order valence-electron chi connectivity index (χ1n) is 16.0. The Labute approximate surface area is 241 Å². The molecule has 0 aliphatic carbocycles. The van der Waals surface area contributed by atoms with Crippen molar-refractivity contribution in [3.05, 3.63) is 0 Å². The predicted octanol–water partition coefficient (Wildman–Crippen LogP) is 15.4. The summed E-state index contributed by atoms with van der Waals surface area (Å²) < 4.78 is 0. The van der Waals surface area contributed by atoms with Gasteiger partial charge in [0.05, 0.1) is 0 Å². The van der Waals surface area contributed by atoms with Crippen molar-refractivity contribution in [3.63, 3.8) is 0 Å². The van der Waals surface area contributed by atoms with Gasteiger partial charge in [-0.25, -0.2) is 0 Å². The van der Waals surface area contributed by atoms with Gasteiger partial charge in [-0.2, -0.15) is 0 Å². The Hall–Kier alpha value is 0. The van der Waals surface area contributed by atoms with E-state index in [0.29, 0.717) is 0 Å². The Bertz CT molecular complexity index is 135. The second-order valence-corrected chi connectivity index (χ2v) is 12.9. The van der Waals surface area contributed by atoms with E-state index in [1.165, 1.54) is 0 Å². The van der Waals surface area contributed by atoms with Gasteiger partial charge in [0.1, 0.15) is 0 Å². The van der Waals surface area contributed by atoms with Gasteiger partial charge in [-0.15, -0.1) is 0 Å². The maximum Gasteiger partial charge on any atom is -0.0448 e. The fraction of sp³-hybridized carbons (Fsp3) is 1.00. The lowest BCUT2D eigenvalue weighted by Crippen LogP contribution is -1.95. The maximum absolute atomic E-state index is 2.24. The molecule has 0 aliphatic heterocycles. The predicted molar refractivity (Wildman–Crippen MR) is 187 cm³/mol. The number of rotatable bonds is 1. The SMILES string of the molecule is CC.CC.CC.CC(C)C.CC(C)C.CC(C)C.CC(C)C.CC(C)C.CC(C)C.CC(C)C(C)C. The van der Waals surface area contributed by atoms with E-state index in [1.807, 2.05) is 41.5 Å². The van der Waals surface area contributed by atoms with Crippen molar-refractivity contribution in [2.45, 2.75) is 194 Å². The average Bonchev–Trinajstić information content (AvgIpc) is 2.64. The first-order chi connectivity index (χ1) is 16.0. The van der Waals surface area contributed by atoms with Crippen LogP contribution in [0.3, 0.4) is 0 Å². The van der Waals surface area contributed by atoms with Gasteiger partial charge in [0.2, 0.25) is 0 Å². The van der Waals surface area contributed by atoms with Crippen molar-refractivity contribution >= 4 is 0 Å². The molecule has 0 fully saturated rings. The van der Waals surface area contributed by atoms with Gasteiger partial charge < -0.3 is 0 Å². The molecule has 0 saturated carbocycles. The first kappa shape index (κ1) is 65.2. The van der Waals surface area contributed by atoms with E-state index >= 15 is 0 Å². The molecule has 0 heterocycles. The third-order valence-electron chi connectivity index (χ3n) is 1.33. The summed E-state index contributed by atoms with van der Waals surface area (Å²) in [6.45, 7) is 60.0. The quantitative estimate of drug-likeness (QED) is 0.320. The lowest BCUT2D eigenvalue weighted by molar-refractivity contribution is 0.457. The lowest BCUT2D eigenvalue weighted by atomic mass is 10.0. The molecule has 0 atom stereocenters. The van der Waals surface area contributed by atoms with Gasteiger partial charge >= 0.3 is 0 Å². The minimum atomic E-state index is 0.833. The van der Waals surface area contributed by atoms with Crippen molar-refractivity contribution in [1.29, 1.82) is 0 Å². The second kappa shape index (κ2) is 70.2. The smallest absolute Gasteiger partial charge is 0.0448 e. The molecular weight excluding hydrogens is 432 g/mol. The van der Waals surface area contributed by atoms with Crippen molar-refractivity contribution in [2.75, 3.05) is 0 Å².